The van der Waals surface area contributed by atoms with Crippen molar-refractivity contribution in [1.82, 2.24) is 20.5 Å². The summed E-state index contributed by atoms with van der Waals surface area (Å²) in [6.07, 6.45) is 4.65. The van der Waals surface area contributed by atoms with E-state index in [1.807, 2.05) is 24.4 Å². The van der Waals surface area contributed by atoms with Crippen LogP contribution in [0.4, 0.5) is 0 Å². The Hall–Kier alpha value is -2.16. The highest BCUT2D eigenvalue weighted by Crippen LogP contribution is 2.36. The number of aromatic nitrogens is 1. The fraction of sp³-hybridized carbons (Fsp3) is 0.435. The third-order valence-corrected chi connectivity index (χ3v) is 5.79. The van der Waals surface area contributed by atoms with E-state index in [1.54, 1.807) is 0 Å². The number of hydrogen-bond acceptors (Lipinski definition) is 3. The molecule has 1 spiro atoms. The number of pyridine rings is 1. The van der Waals surface area contributed by atoms with Gasteiger partial charge in [-0.3, -0.25) is 9.78 Å². The summed E-state index contributed by atoms with van der Waals surface area (Å²) in [6.45, 7) is 6.18. The summed E-state index contributed by atoms with van der Waals surface area (Å²) in [6, 6.07) is 14.4. The van der Waals surface area contributed by atoms with Crippen LogP contribution in [0, 0.1) is 5.41 Å². The predicted molar refractivity (Wildman–Crippen MR) is 131 cm³/mol. The average molecular weight is 519 g/mol. The summed E-state index contributed by atoms with van der Waals surface area (Å²) in [5.41, 5.74) is 3.30. The minimum atomic E-state index is 0. The first-order valence-corrected chi connectivity index (χ1v) is 10.5. The van der Waals surface area contributed by atoms with Gasteiger partial charge in [0.15, 0.2) is 5.96 Å². The maximum absolute atomic E-state index is 11.8. The number of hydrogen-bond donors (Lipinski definition) is 2. The Morgan fingerprint density at radius 3 is 2.93 bits per heavy atom. The topological polar surface area (TPSA) is 69.6 Å². The van der Waals surface area contributed by atoms with Gasteiger partial charge in [-0.05, 0) is 43.5 Å². The molecular formula is C23H30IN5O. The largest absolute Gasteiger partial charge is 0.357 e. The first kappa shape index (κ1) is 22.5. The Bertz CT molecular complexity index is 888. The number of likely N-dealkylation sites (tertiary alicyclic amines) is 1. The van der Waals surface area contributed by atoms with Gasteiger partial charge in [0, 0.05) is 49.8 Å². The summed E-state index contributed by atoms with van der Waals surface area (Å²) in [4.78, 5) is 23.5. The van der Waals surface area contributed by atoms with Crippen LogP contribution >= 0.6 is 24.0 Å². The van der Waals surface area contributed by atoms with Crippen LogP contribution in [0.3, 0.4) is 0 Å². The van der Waals surface area contributed by atoms with Crippen LogP contribution < -0.4 is 10.6 Å². The highest BCUT2D eigenvalue weighted by molar-refractivity contribution is 14.0. The summed E-state index contributed by atoms with van der Waals surface area (Å²) in [5, 5.41) is 6.46. The lowest BCUT2D eigenvalue weighted by molar-refractivity contribution is -0.119. The number of aliphatic imine (C=N–C) groups is 1. The molecule has 2 N–H and O–H groups in total. The number of halogens is 1. The van der Waals surface area contributed by atoms with Crippen molar-refractivity contribution in [3.05, 3.63) is 54.2 Å². The zero-order valence-electron chi connectivity index (χ0n) is 17.4. The molecule has 0 radical (unpaired) electrons. The van der Waals surface area contributed by atoms with Crippen molar-refractivity contribution in [2.24, 2.45) is 10.4 Å². The van der Waals surface area contributed by atoms with Crippen molar-refractivity contribution in [2.75, 3.05) is 26.2 Å². The summed E-state index contributed by atoms with van der Waals surface area (Å²) >= 11 is 0. The molecule has 1 aromatic heterocycles. The first-order chi connectivity index (χ1) is 14.2. The standard InChI is InChI=1S/C23H29N5O.HI/c1-2-24-22(28-12-6-10-23(17-28)14-21(29)27-16-23)26-15-18-7-5-8-19(13-18)20-9-3-4-11-25-20;/h3-5,7-9,11,13H,2,6,10,12,14-17H2,1H3,(H,24,26)(H,27,29);1H. The summed E-state index contributed by atoms with van der Waals surface area (Å²) in [5.74, 6) is 1.12. The lowest BCUT2D eigenvalue weighted by Crippen LogP contribution is -2.51. The zero-order valence-corrected chi connectivity index (χ0v) is 19.8. The Labute approximate surface area is 195 Å². The van der Waals surface area contributed by atoms with E-state index in [1.165, 1.54) is 0 Å². The second-order valence-corrected chi connectivity index (χ2v) is 8.06. The molecule has 4 rings (SSSR count). The van der Waals surface area contributed by atoms with Crippen molar-refractivity contribution >= 4 is 35.8 Å². The molecule has 0 saturated carbocycles. The third-order valence-electron chi connectivity index (χ3n) is 5.79. The lowest BCUT2D eigenvalue weighted by atomic mass is 9.79. The molecular weight excluding hydrogens is 489 g/mol. The average Bonchev–Trinajstić information content (AvgIpc) is 3.11. The van der Waals surface area contributed by atoms with Gasteiger partial charge >= 0.3 is 0 Å². The van der Waals surface area contributed by atoms with E-state index in [4.69, 9.17) is 4.99 Å². The molecule has 2 fully saturated rings. The number of benzene rings is 1. The summed E-state index contributed by atoms with van der Waals surface area (Å²) < 4.78 is 0. The van der Waals surface area contributed by atoms with Gasteiger partial charge in [-0.25, -0.2) is 4.99 Å². The monoisotopic (exact) mass is 519 g/mol. The molecule has 160 valence electrons. The van der Waals surface area contributed by atoms with Crippen LogP contribution in [0.5, 0.6) is 0 Å². The van der Waals surface area contributed by atoms with Gasteiger partial charge in [0.1, 0.15) is 0 Å². The van der Waals surface area contributed by atoms with E-state index < -0.39 is 0 Å². The minimum Gasteiger partial charge on any atom is -0.357 e. The third kappa shape index (κ3) is 5.30. The van der Waals surface area contributed by atoms with Gasteiger partial charge in [-0.2, -0.15) is 0 Å². The molecule has 2 saturated heterocycles. The highest BCUT2D eigenvalue weighted by atomic mass is 127. The molecule has 2 aliphatic heterocycles. The van der Waals surface area contributed by atoms with Crippen LogP contribution in [0.15, 0.2) is 53.7 Å². The Balaban J connectivity index is 0.00000256. The summed E-state index contributed by atoms with van der Waals surface area (Å²) in [7, 11) is 0. The van der Waals surface area contributed by atoms with Crippen molar-refractivity contribution < 1.29 is 4.79 Å². The van der Waals surface area contributed by atoms with Crippen molar-refractivity contribution in [3.8, 4) is 11.3 Å². The molecule has 30 heavy (non-hydrogen) atoms. The first-order valence-electron chi connectivity index (χ1n) is 10.5. The van der Waals surface area contributed by atoms with Gasteiger partial charge in [0.25, 0.3) is 0 Å². The number of carbonyl (C=O) groups is 1. The smallest absolute Gasteiger partial charge is 0.220 e. The Kier molecular flexibility index (Phi) is 7.69. The van der Waals surface area contributed by atoms with Crippen LogP contribution in [-0.2, 0) is 11.3 Å². The van der Waals surface area contributed by atoms with E-state index in [9.17, 15) is 4.79 Å². The number of nitrogens with zero attached hydrogens (tertiary/aromatic N) is 3. The maximum atomic E-state index is 11.8. The van der Waals surface area contributed by atoms with E-state index in [0.717, 1.165) is 61.8 Å². The normalized spacial score (nSPS) is 21.3. The molecule has 1 amide bonds. The van der Waals surface area contributed by atoms with Crippen LogP contribution in [-0.4, -0.2) is 47.9 Å². The second-order valence-electron chi connectivity index (χ2n) is 8.06. The van der Waals surface area contributed by atoms with Gasteiger partial charge in [-0.1, -0.05) is 24.3 Å². The van der Waals surface area contributed by atoms with Crippen LogP contribution in [0.1, 0.15) is 31.7 Å². The van der Waals surface area contributed by atoms with E-state index in [-0.39, 0.29) is 35.3 Å². The van der Waals surface area contributed by atoms with E-state index in [0.29, 0.717) is 13.0 Å². The molecule has 2 aromatic rings. The molecule has 3 heterocycles. The van der Waals surface area contributed by atoms with Crippen LogP contribution in [0.2, 0.25) is 0 Å². The number of guanidine groups is 1. The molecule has 1 atom stereocenters. The van der Waals surface area contributed by atoms with Gasteiger partial charge < -0.3 is 15.5 Å². The SMILES string of the molecule is CCNC(=NCc1cccc(-c2ccccn2)c1)N1CCCC2(CNC(=O)C2)C1.I. The predicted octanol–water partition coefficient (Wildman–Crippen LogP) is 3.43. The van der Waals surface area contributed by atoms with E-state index in [2.05, 4.69) is 51.7 Å². The molecule has 0 bridgehead atoms. The number of nitrogens with one attached hydrogen (secondary N) is 2. The molecule has 6 nitrogen and oxygen atoms in total. The minimum absolute atomic E-state index is 0. The van der Waals surface area contributed by atoms with Gasteiger partial charge in [0.2, 0.25) is 5.91 Å². The number of rotatable bonds is 4. The molecule has 1 aromatic carbocycles. The molecule has 1 unspecified atom stereocenters. The number of piperidine rings is 1. The molecule has 0 aliphatic carbocycles. The number of amides is 1. The fourth-order valence-corrected chi connectivity index (χ4v) is 4.38. The maximum Gasteiger partial charge on any atom is 0.220 e. The Morgan fingerprint density at radius 1 is 1.30 bits per heavy atom. The highest BCUT2D eigenvalue weighted by Gasteiger charge is 2.42. The van der Waals surface area contributed by atoms with Crippen molar-refractivity contribution in [1.29, 1.82) is 0 Å². The van der Waals surface area contributed by atoms with Gasteiger partial charge in [0.05, 0.1) is 12.2 Å². The lowest BCUT2D eigenvalue weighted by Gasteiger charge is -2.40. The fourth-order valence-electron chi connectivity index (χ4n) is 4.38. The zero-order chi connectivity index (χ0) is 20.1. The second kappa shape index (κ2) is 10.2. The van der Waals surface area contributed by atoms with E-state index >= 15 is 0 Å². The molecule has 7 heteroatoms. The van der Waals surface area contributed by atoms with Crippen molar-refractivity contribution in [3.63, 3.8) is 0 Å². The van der Waals surface area contributed by atoms with Crippen molar-refractivity contribution in [2.45, 2.75) is 32.7 Å². The quantitative estimate of drug-likeness (QED) is 0.369. The Morgan fingerprint density at radius 2 is 2.20 bits per heavy atom. The molecule has 2 aliphatic rings. The van der Waals surface area contributed by atoms with Gasteiger partial charge in [-0.15, -0.1) is 24.0 Å². The number of carbonyl (C=O) groups excluding carboxylic acids is 1. The van der Waals surface area contributed by atoms with Crippen LogP contribution in [0.25, 0.3) is 11.3 Å².